The number of nitrogens with zero attached hydrogens (tertiary/aromatic N) is 1. The van der Waals surface area contributed by atoms with Gasteiger partial charge in [-0.1, -0.05) is 36.8 Å². The summed E-state index contributed by atoms with van der Waals surface area (Å²) in [5.41, 5.74) is 6.00. The summed E-state index contributed by atoms with van der Waals surface area (Å²) in [6.45, 7) is 11.7. The van der Waals surface area contributed by atoms with Crippen molar-refractivity contribution in [2.75, 3.05) is 6.54 Å². The molecule has 176 valence electrons. The molecule has 0 saturated carbocycles. The molecule has 0 spiro atoms. The zero-order valence-electron chi connectivity index (χ0n) is 20.8. The number of hydrogen-bond donors (Lipinski definition) is 1. The highest BCUT2D eigenvalue weighted by Crippen LogP contribution is 2.37. The second-order valence-corrected chi connectivity index (χ2v) is 10.1. The van der Waals surface area contributed by atoms with E-state index in [0.717, 1.165) is 58.3 Å². The lowest BCUT2D eigenvalue weighted by Gasteiger charge is -2.35. The average Bonchev–Trinajstić information content (AvgIpc) is 3.09. The summed E-state index contributed by atoms with van der Waals surface area (Å²) >= 11 is 0. The quantitative estimate of drug-likeness (QED) is 0.495. The molecule has 0 amide bonds. The zero-order valence-corrected chi connectivity index (χ0v) is 20.8. The van der Waals surface area contributed by atoms with Gasteiger partial charge in [0.05, 0.1) is 0 Å². The SMILES string of the molecule is CCC1CC(C(C)n2c(C)c(C(=O)CCC3=C(C)C=C(C)CC3=O)c3ccccc32)CCN1. The number of allylic oxidation sites excluding steroid dienone is 4. The van der Waals surface area contributed by atoms with Crippen LogP contribution in [0.3, 0.4) is 0 Å². The molecule has 4 heteroatoms. The number of Topliss-reactive ketones (excluding diaryl/α,β-unsaturated/α-hetero) is 2. The monoisotopic (exact) mass is 446 g/mol. The van der Waals surface area contributed by atoms with Crippen molar-refractivity contribution in [3.8, 4) is 0 Å². The molecule has 2 aromatic rings. The molecule has 0 radical (unpaired) electrons. The van der Waals surface area contributed by atoms with Crippen LogP contribution in [0.2, 0.25) is 0 Å². The average molecular weight is 447 g/mol. The maximum atomic E-state index is 13.5. The number of fused-ring (bicyclic) bond motifs is 1. The van der Waals surface area contributed by atoms with Gasteiger partial charge in [0.15, 0.2) is 11.6 Å². The largest absolute Gasteiger partial charge is 0.341 e. The van der Waals surface area contributed by atoms with Crippen LogP contribution in [0.15, 0.2) is 47.1 Å². The van der Waals surface area contributed by atoms with Crippen molar-refractivity contribution in [2.24, 2.45) is 5.92 Å². The fourth-order valence-corrected chi connectivity index (χ4v) is 6.06. The van der Waals surface area contributed by atoms with Crippen molar-refractivity contribution in [2.45, 2.75) is 85.2 Å². The number of benzene rings is 1. The van der Waals surface area contributed by atoms with E-state index >= 15 is 0 Å². The maximum Gasteiger partial charge on any atom is 0.165 e. The van der Waals surface area contributed by atoms with E-state index < -0.39 is 0 Å². The third-order valence-electron chi connectivity index (χ3n) is 7.87. The number of para-hydroxylation sites is 1. The molecule has 1 aliphatic carbocycles. The van der Waals surface area contributed by atoms with Crippen LogP contribution in [0.4, 0.5) is 0 Å². The molecule has 33 heavy (non-hydrogen) atoms. The normalized spacial score (nSPS) is 22.6. The predicted molar refractivity (Wildman–Crippen MR) is 136 cm³/mol. The Morgan fingerprint density at radius 3 is 2.70 bits per heavy atom. The topological polar surface area (TPSA) is 51.1 Å². The highest BCUT2D eigenvalue weighted by molar-refractivity contribution is 6.10. The van der Waals surface area contributed by atoms with Gasteiger partial charge >= 0.3 is 0 Å². The molecule has 1 aliphatic heterocycles. The summed E-state index contributed by atoms with van der Waals surface area (Å²) in [6, 6.07) is 9.25. The molecule has 2 aliphatic rings. The predicted octanol–water partition coefficient (Wildman–Crippen LogP) is 6.49. The molecule has 3 unspecified atom stereocenters. The fraction of sp³-hybridized carbons (Fsp3) is 0.517. The molecule has 1 fully saturated rings. The summed E-state index contributed by atoms with van der Waals surface area (Å²) in [4.78, 5) is 26.1. The molecular formula is C29H38N2O2. The molecule has 1 N–H and O–H groups in total. The lowest BCUT2D eigenvalue weighted by Crippen LogP contribution is -2.39. The van der Waals surface area contributed by atoms with Gasteiger partial charge in [0.25, 0.3) is 0 Å². The molecule has 0 bridgehead atoms. The van der Waals surface area contributed by atoms with Gasteiger partial charge in [0.1, 0.15) is 0 Å². The molecule has 4 nitrogen and oxygen atoms in total. The number of carbonyl (C=O) groups excluding carboxylic acids is 2. The number of aromatic nitrogens is 1. The summed E-state index contributed by atoms with van der Waals surface area (Å²) in [7, 11) is 0. The number of nitrogens with one attached hydrogen (secondary N) is 1. The first kappa shape index (κ1) is 23.7. The second-order valence-electron chi connectivity index (χ2n) is 10.1. The van der Waals surface area contributed by atoms with Gasteiger partial charge < -0.3 is 9.88 Å². The number of hydrogen-bond acceptors (Lipinski definition) is 3. The Kier molecular flexibility index (Phi) is 7.04. The molecule has 2 heterocycles. The first-order chi connectivity index (χ1) is 15.8. The molecule has 1 aromatic carbocycles. The first-order valence-corrected chi connectivity index (χ1v) is 12.6. The Morgan fingerprint density at radius 2 is 1.97 bits per heavy atom. The van der Waals surface area contributed by atoms with Crippen LogP contribution in [0.25, 0.3) is 10.9 Å². The Morgan fingerprint density at radius 1 is 1.21 bits per heavy atom. The van der Waals surface area contributed by atoms with Gasteiger partial charge in [-0.15, -0.1) is 0 Å². The van der Waals surface area contributed by atoms with Crippen molar-refractivity contribution in [3.63, 3.8) is 0 Å². The van der Waals surface area contributed by atoms with E-state index in [2.05, 4.69) is 54.9 Å². The van der Waals surface area contributed by atoms with E-state index in [1.165, 1.54) is 6.42 Å². The van der Waals surface area contributed by atoms with Crippen LogP contribution in [-0.4, -0.2) is 28.7 Å². The van der Waals surface area contributed by atoms with Gasteiger partial charge in [-0.3, -0.25) is 9.59 Å². The molecule has 3 atom stereocenters. The lowest BCUT2D eigenvalue weighted by atomic mass is 9.86. The highest BCUT2D eigenvalue weighted by Gasteiger charge is 2.30. The van der Waals surface area contributed by atoms with Gasteiger partial charge in [0.2, 0.25) is 0 Å². The van der Waals surface area contributed by atoms with E-state index in [-0.39, 0.29) is 11.6 Å². The summed E-state index contributed by atoms with van der Waals surface area (Å²) < 4.78 is 2.41. The van der Waals surface area contributed by atoms with E-state index in [4.69, 9.17) is 0 Å². The van der Waals surface area contributed by atoms with E-state index in [1.54, 1.807) is 0 Å². The third-order valence-corrected chi connectivity index (χ3v) is 7.87. The first-order valence-electron chi connectivity index (χ1n) is 12.6. The smallest absolute Gasteiger partial charge is 0.165 e. The molecular weight excluding hydrogens is 408 g/mol. The van der Waals surface area contributed by atoms with Crippen LogP contribution >= 0.6 is 0 Å². The standard InChI is InChI=1S/C29H38N2O2/c1-6-23-17-22(13-14-30-23)20(4)31-21(5)29(25-9-7-8-10-26(25)31)27(32)12-11-24-19(3)15-18(2)16-28(24)33/h7-10,15,20,22-23,30H,6,11-14,16-17H2,1-5H3. The van der Waals surface area contributed by atoms with Crippen LogP contribution < -0.4 is 5.32 Å². The van der Waals surface area contributed by atoms with Gasteiger partial charge in [-0.2, -0.15) is 0 Å². The van der Waals surface area contributed by atoms with Crippen molar-refractivity contribution < 1.29 is 9.59 Å². The van der Waals surface area contributed by atoms with Crippen LogP contribution in [0, 0.1) is 12.8 Å². The summed E-state index contributed by atoms with van der Waals surface area (Å²) in [6.07, 6.45) is 6.95. The second kappa shape index (κ2) is 9.80. The van der Waals surface area contributed by atoms with Gasteiger partial charge in [-0.25, -0.2) is 0 Å². The lowest BCUT2D eigenvalue weighted by molar-refractivity contribution is -0.115. The Labute approximate surface area is 198 Å². The number of carbonyl (C=O) groups is 2. The Balaban J connectivity index is 1.64. The van der Waals surface area contributed by atoms with E-state index in [0.29, 0.717) is 37.3 Å². The van der Waals surface area contributed by atoms with Crippen molar-refractivity contribution in [3.05, 3.63) is 58.3 Å². The minimum Gasteiger partial charge on any atom is -0.341 e. The van der Waals surface area contributed by atoms with Crippen LogP contribution in [-0.2, 0) is 4.79 Å². The van der Waals surface area contributed by atoms with Crippen LogP contribution in [0.5, 0.6) is 0 Å². The maximum absolute atomic E-state index is 13.5. The van der Waals surface area contributed by atoms with Gasteiger partial charge in [0, 0.05) is 47.1 Å². The minimum absolute atomic E-state index is 0.144. The third kappa shape index (κ3) is 4.63. The van der Waals surface area contributed by atoms with Crippen molar-refractivity contribution in [1.29, 1.82) is 0 Å². The minimum atomic E-state index is 0.144. The zero-order chi connectivity index (χ0) is 23.7. The number of piperidine rings is 1. The fourth-order valence-electron chi connectivity index (χ4n) is 6.06. The van der Waals surface area contributed by atoms with Gasteiger partial charge in [-0.05, 0) is 83.1 Å². The van der Waals surface area contributed by atoms with Crippen LogP contribution in [0.1, 0.15) is 88.3 Å². The summed E-state index contributed by atoms with van der Waals surface area (Å²) in [5.74, 6) is 0.909. The highest BCUT2D eigenvalue weighted by atomic mass is 16.1. The Bertz CT molecular complexity index is 1130. The van der Waals surface area contributed by atoms with E-state index in [9.17, 15) is 9.59 Å². The molecule has 4 rings (SSSR count). The van der Waals surface area contributed by atoms with Crippen molar-refractivity contribution >= 4 is 22.5 Å². The molecule has 1 saturated heterocycles. The number of ketones is 2. The Hall–Kier alpha value is -2.46. The van der Waals surface area contributed by atoms with E-state index in [1.807, 2.05) is 19.9 Å². The van der Waals surface area contributed by atoms with Crippen molar-refractivity contribution in [1.82, 2.24) is 9.88 Å². The molecule has 1 aromatic heterocycles. The summed E-state index contributed by atoms with van der Waals surface area (Å²) in [5, 5.41) is 4.68. The number of rotatable bonds is 7.